The Hall–Kier alpha value is -0.110. The van der Waals surface area contributed by atoms with E-state index >= 15 is 0 Å². The first-order chi connectivity index (χ1) is 6.85. The van der Waals surface area contributed by atoms with Crippen molar-refractivity contribution in [3.05, 3.63) is 11.8 Å². The first-order valence-corrected chi connectivity index (χ1v) is 6.87. The predicted molar refractivity (Wildman–Crippen MR) is 62.6 cm³/mol. The van der Waals surface area contributed by atoms with Gasteiger partial charge in [-0.2, -0.15) is 11.8 Å². The Morgan fingerprint density at radius 1 is 1.36 bits per heavy atom. The van der Waals surface area contributed by atoms with Crippen LogP contribution in [-0.4, -0.2) is 18.1 Å². The van der Waals surface area contributed by atoms with Crippen molar-refractivity contribution in [3.8, 4) is 0 Å². The van der Waals surface area contributed by atoms with E-state index in [2.05, 4.69) is 18.7 Å². The van der Waals surface area contributed by atoms with Gasteiger partial charge in [-0.15, -0.1) is 0 Å². The molecule has 2 fully saturated rings. The number of ether oxygens (including phenoxy) is 1. The number of hydrogen-bond donors (Lipinski definition) is 0. The fourth-order valence-corrected chi connectivity index (χ4v) is 3.42. The molecule has 2 rings (SSSR count). The van der Waals surface area contributed by atoms with Crippen LogP contribution < -0.4 is 0 Å². The second-order valence-corrected chi connectivity index (χ2v) is 5.63. The third-order valence-electron chi connectivity index (χ3n) is 3.45. The maximum Gasteiger partial charge on any atom is 0.0945 e. The lowest BCUT2D eigenvalue weighted by Crippen LogP contribution is -2.39. The molecule has 14 heavy (non-hydrogen) atoms. The van der Waals surface area contributed by atoms with E-state index < -0.39 is 0 Å². The van der Waals surface area contributed by atoms with E-state index in [4.69, 9.17) is 4.74 Å². The average molecular weight is 212 g/mol. The van der Waals surface area contributed by atoms with E-state index in [-0.39, 0.29) is 0 Å². The van der Waals surface area contributed by atoms with Gasteiger partial charge in [-0.1, -0.05) is 6.92 Å². The molecule has 0 radical (unpaired) electrons. The molecule has 1 aliphatic heterocycles. The van der Waals surface area contributed by atoms with E-state index in [1.165, 1.54) is 49.2 Å². The average Bonchev–Trinajstić information content (AvgIpc) is 2.62. The molecule has 0 aromatic rings. The summed E-state index contributed by atoms with van der Waals surface area (Å²) in [7, 11) is 0. The third-order valence-corrected chi connectivity index (χ3v) is 5.08. The van der Waals surface area contributed by atoms with Crippen LogP contribution in [0.5, 0.6) is 0 Å². The molecule has 0 bridgehead atoms. The molecule has 1 aliphatic carbocycles. The molecular formula is C12H20OS. The summed E-state index contributed by atoms with van der Waals surface area (Å²) < 4.78 is 5.74. The molecular weight excluding hydrogens is 192 g/mol. The smallest absolute Gasteiger partial charge is 0.0945 e. The second-order valence-electron chi connectivity index (χ2n) is 4.64. The van der Waals surface area contributed by atoms with Crippen LogP contribution in [0, 0.1) is 5.41 Å². The Morgan fingerprint density at radius 3 is 2.57 bits per heavy atom. The van der Waals surface area contributed by atoms with Gasteiger partial charge in [0.05, 0.1) is 12.9 Å². The van der Waals surface area contributed by atoms with Gasteiger partial charge in [0.1, 0.15) is 0 Å². The Bertz CT molecular complexity index is 205. The summed E-state index contributed by atoms with van der Waals surface area (Å²) in [4.78, 5) is 0. The van der Waals surface area contributed by atoms with Crippen LogP contribution in [-0.2, 0) is 4.74 Å². The molecule has 0 atom stereocenters. The molecule has 0 aromatic carbocycles. The van der Waals surface area contributed by atoms with Gasteiger partial charge in [0.2, 0.25) is 0 Å². The number of rotatable bonds is 4. The molecule has 80 valence electrons. The molecule has 1 saturated heterocycles. The molecule has 0 amide bonds. The highest BCUT2D eigenvalue weighted by atomic mass is 32.2. The summed E-state index contributed by atoms with van der Waals surface area (Å²) in [5, 5.41) is 0. The van der Waals surface area contributed by atoms with Crippen LogP contribution in [0.3, 0.4) is 0 Å². The van der Waals surface area contributed by atoms with Crippen LogP contribution in [0.1, 0.15) is 39.0 Å². The van der Waals surface area contributed by atoms with E-state index in [9.17, 15) is 0 Å². The van der Waals surface area contributed by atoms with Gasteiger partial charge in [-0.25, -0.2) is 0 Å². The van der Waals surface area contributed by atoms with Crippen LogP contribution in [0.15, 0.2) is 11.8 Å². The molecule has 0 N–H and O–H groups in total. The second kappa shape index (κ2) is 4.61. The van der Waals surface area contributed by atoms with Gasteiger partial charge >= 0.3 is 0 Å². The topological polar surface area (TPSA) is 9.23 Å². The van der Waals surface area contributed by atoms with Crippen molar-refractivity contribution in [1.29, 1.82) is 0 Å². The largest absolute Gasteiger partial charge is 0.501 e. The van der Waals surface area contributed by atoms with Crippen molar-refractivity contribution in [2.24, 2.45) is 5.41 Å². The van der Waals surface area contributed by atoms with Gasteiger partial charge in [0.25, 0.3) is 0 Å². The van der Waals surface area contributed by atoms with E-state index in [1.807, 2.05) is 6.26 Å². The lowest BCUT2D eigenvalue weighted by molar-refractivity contribution is 0.131. The van der Waals surface area contributed by atoms with Crippen LogP contribution in [0.2, 0.25) is 0 Å². The van der Waals surface area contributed by atoms with Gasteiger partial charge in [-0.05, 0) is 37.7 Å². The van der Waals surface area contributed by atoms with Gasteiger partial charge < -0.3 is 4.74 Å². The molecule has 0 unspecified atom stereocenters. The molecule has 0 spiro atoms. The summed E-state index contributed by atoms with van der Waals surface area (Å²) in [6.07, 6.45) is 8.59. The molecule has 2 heteroatoms. The van der Waals surface area contributed by atoms with E-state index in [0.717, 1.165) is 6.61 Å². The Morgan fingerprint density at radius 2 is 2.07 bits per heavy atom. The summed E-state index contributed by atoms with van der Waals surface area (Å²) in [5.74, 6) is 2.60. The van der Waals surface area contributed by atoms with Gasteiger partial charge in [0.15, 0.2) is 0 Å². The fraction of sp³-hybridized carbons (Fsp3) is 0.833. The Labute approximate surface area is 91.3 Å². The molecule has 1 heterocycles. The van der Waals surface area contributed by atoms with Crippen LogP contribution in [0.25, 0.3) is 0 Å². The standard InChI is InChI=1S/C12H20OS/c1-2-12(9-14-10-12)8-13-7-11-5-3-4-6-11/h7H,2-6,8-10H2,1H3. The zero-order chi connectivity index (χ0) is 9.86. The van der Waals surface area contributed by atoms with Crippen molar-refractivity contribution in [3.63, 3.8) is 0 Å². The highest BCUT2D eigenvalue weighted by molar-refractivity contribution is 8.00. The van der Waals surface area contributed by atoms with Crippen LogP contribution >= 0.6 is 11.8 Å². The minimum atomic E-state index is 0.514. The van der Waals surface area contributed by atoms with Crippen molar-refractivity contribution in [1.82, 2.24) is 0 Å². The molecule has 1 saturated carbocycles. The Kier molecular flexibility index (Phi) is 3.42. The predicted octanol–water partition coefficient (Wildman–Crippen LogP) is 3.60. The van der Waals surface area contributed by atoms with E-state index in [1.54, 1.807) is 0 Å². The lowest BCUT2D eigenvalue weighted by Gasteiger charge is -2.39. The normalized spacial score (nSPS) is 24.5. The maximum atomic E-state index is 5.74. The summed E-state index contributed by atoms with van der Waals surface area (Å²) >= 11 is 2.05. The van der Waals surface area contributed by atoms with Crippen molar-refractivity contribution in [2.75, 3.05) is 18.1 Å². The highest BCUT2D eigenvalue weighted by Crippen LogP contribution is 2.41. The maximum absolute atomic E-state index is 5.74. The molecule has 0 aromatic heterocycles. The highest BCUT2D eigenvalue weighted by Gasteiger charge is 2.36. The zero-order valence-electron chi connectivity index (χ0n) is 9.05. The first kappa shape index (κ1) is 10.4. The molecule has 1 nitrogen and oxygen atoms in total. The van der Waals surface area contributed by atoms with Crippen molar-refractivity contribution < 1.29 is 4.74 Å². The van der Waals surface area contributed by atoms with Crippen molar-refractivity contribution in [2.45, 2.75) is 39.0 Å². The third kappa shape index (κ3) is 2.28. The molecule has 2 aliphatic rings. The fourth-order valence-electron chi connectivity index (χ4n) is 2.06. The Balaban J connectivity index is 1.73. The summed E-state index contributed by atoms with van der Waals surface area (Å²) in [5.41, 5.74) is 2.04. The quantitative estimate of drug-likeness (QED) is 0.658. The summed E-state index contributed by atoms with van der Waals surface area (Å²) in [6, 6.07) is 0. The monoisotopic (exact) mass is 212 g/mol. The van der Waals surface area contributed by atoms with Crippen LogP contribution in [0.4, 0.5) is 0 Å². The minimum absolute atomic E-state index is 0.514. The lowest BCUT2D eigenvalue weighted by atomic mass is 9.90. The van der Waals surface area contributed by atoms with Gasteiger partial charge in [-0.3, -0.25) is 0 Å². The summed E-state index contributed by atoms with van der Waals surface area (Å²) in [6.45, 7) is 3.23. The minimum Gasteiger partial charge on any atom is -0.501 e. The number of hydrogen-bond acceptors (Lipinski definition) is 2. The SMILES string of the molecule is CCC1(COC=C2CCCC2)CSC1. The number of allylic oxidation sites excluding steroid dienone is 1. The van der Waals surface area contributed by atoms with Gasteiger partial charge in [0, 0.05) is 16.9 Å². The zero-order valence-corrected chi connectivity index (χ0v) is 9.87. The number of thioether (sulfide) groups is 1. The van der Waals surface area contributed by atoms with E-state index in [0.29, 0.717) is 5.41 Å². The first-order valence-electron chi connectivity index (χ1n) is 5.72. The van der Waals surface area contributed by atoms with Crippen molar-refractivity contribution >= 4 is 11.8 Å².